The molecule has 0 saturated heterocycles. The molecule has 0 bridgehead atoms. The van der Waals surface area contributed by atoms with Crippen molar-refractivity contribution < 1.29 is 47.8 Å². The second-order valence-corrected chi connectivity index (χ2v) is 20.1. The Morgan fingerprint density at radius 2 is 0.785 bits per heavy atom. The van der Waals surface area contributed by atoms with Gasteiger partial charge in [-0.25, -0.2) is 4.57 Å². The number of rotatable bonds is 52. The van der Waals surface area contributed by atoms with Crippen LogP contribution in [0.3, 0.4) is 0 Å². The third-order valence-corrected chi connectivity index (χ3v) is 13.0. The molecule has 0 aliphatic heterocycles. The number of hydrogen-bond acceptors (Lipinski definition) is 9. The van der Waals surface area contributed by atoms with Gasteiger partial charge in [-0.05, 0) is 44.9 Å². The topological polar surface area (TPSA) is 149 Å². The first-order chi connectivity index (χ1) is 31.7. The summed E-state index contributed by atoms with van der Waals surface area (Å²) in [5, 5.41) is 18.4. The monoisotopic (exact) mass is 943 g/mol. The van der Waals surface area contributed by atoms with E-state index in [-0.39, 0.29) is 19.4 Å². The molecule has 0 radical (unpaired) electrons. The largest absolute Gasteiger partial charge is 0.472 e. The number of phosphoric ester groups is 1. The van der Waals surface area contributed by atoms with E-state index in [0.29, 0.717) is 12.8 Å². The van der Waals surface area contributed by atoms with Crippen LogP contribution < -0.4 is 0 Å². The van der Waals surface area contributed by atoms with Gasteiger partial charge in [0.05, 0.1) is 19.8 Å². The SMILES string of the molecule is CCCCCCCCCCCCCCCC/C=C/CC/C=C/CCCC(=O)OC[C@H](COP(=O)(O)OC[C@@H](O)CO)OC(=O)CCCCCCCCCCCCCCCCCCCCC. The molecule has 0 aliphatic carbocycles. The van der Waals surface area contributed by atoms with E-state index in [2.05, 4.69) is 38.2 Å². The van der Waals surface area contributed by atoms with E-state index in [1.54, 1.807) is 0 Å². The Hall–Kier alpha value is -1.55. The van der Waals surface area contributed by atoms with Crippen LogP contribution in [-0.2, 0) is 32.7 Å². The molecule has 1 unspecified atom stereocenters. The molecule has 0 heterocycles. The first-order valence-corrected chi connectivity index (χ1v) is 28.8. The molecule has 0 aromatic rings. The summed E-state index contributed by atoms with van der Waals surface area (Å²) in [4.78, 5) is 35.2. The summed E-state index contributed by atoms with van der Waals surface area (Å²) in [7, 11) is -4.63. The van der Waals surface area contributed by atoms with E-state index in [1.165, 1.54) is 186 Å². The number of esters is 2. The molecule has 0 aliphatic rings. The van der Waals surface area contributed by atoms with Crippen LogP contribution in [0.25, 0.3) is 0 Å². The lowest BCUT2D eigenvalue weighted by Gasteiger charge is -2.20. The fraction of sp³-hybridized carbons (Fsp3) is 0.889. The normalized spacial score (nSPS) is 13.7. The zero-order valence-corrected chi connectivity index (χ0v) is 43.1. The van der Waals surface area contributed by atoms with Gasteiger partial charge in [0.1, 0.15) is 12.7 Å². The number of carbonyl (C=O) groups excluding carboxylic acids is 2. The minimum atomic E-state index is -4.63. The quantitative estimate of drug-likeness (QED) is 0.0233. The lowest BCUT2D eigenvalue weighted by Crippen LogP contribution is -2.29. The smallest absolute Gasteiger partial charge is 0.462 e. The summed E-state index contributed by atoms with van der Waals surface area (Å²) in [6.07, 6.45) is 54.5. The molecule has 0 aromatic heterocycles. The second kappa shape index (κ2) is 50.3. The van der Waals surface area contributed by atoms with E-state index in [4.69, 9.17) is 23.6 Å². The number of allylic oxidation sites excluding steroid dienone is 4. The molecule has 3 atom stereocenters. The molecule has 3 N–H and O–H groups in total. The number of aliphatic hydroxyl groups is 2. The fourth-order valence-electron chi connectivity index (χ4n) is 7.90. The number of unbranched alkanes of at least 4 members (excludes halogenated alkanes) is 34. The van der Waals surface area contributed by atoms with Gasteiger partial charge in [0.2, 0.25) is 0 Å². The van der Waals surface area contributed by atoms with Crippen LogP contribution in [0.4, 0.5) is 0 Å². The van der Waals surface area contributed by atoms with Crippen LogP contribution in [-0.4, -0.2) is 65.7 Å². The predicted octanol–water partition coefficient (Wildman–Crippen LogP) is 15.7. The Labute approximate surface area is 399 Å². The molecule has 11 heteroatoms. The van der Waals surface area contributed by atoms with Gasteiger partial charge < -0.3 is 24.6 Å². The van der Waals surface area contributed by atoms with Crippen LogP contribution in [0.2, 0.25) is 0 Å². The van der Waals surface area contributed by atoms with Crippen molar-refractivity contribution >= 4 is 19.8 Å². The molecule has 0 spiro atoms. The standard InChI is InChI=1S/C54H103O10P/c1-3-5-7-9-11-13-15-17-19-21-23-24-25-26-28-29-31-33-35-37-39-41-43-45-53(57)61-49-52(50-63-65(59,60)62-48-51(56)47-55)64-54(58)46-44-42-40-38-36-34-32-30-27-22-20-18-16-14-12-10-8-6-4-2/h29,31,37,39,51-52,55-56H,3-28,30,32-36,38,40-50H2,1-2H3,(H,59,60)/b31-29+,39-37+/t51-,52+/m0/s1. The van der Waals surface area contributed by atoms with Crippen LogP contribution >= 0.6 is 7.82 Å². The number of aliphatic hydroxyl groups excluding tert-OH is 2. The molecule has 384 valence electrons. The van der Waals surface area contributed by atoms with Crippen LogP contribution in [0.15, 0.2) is 24.3 Å². The maximum atomic E-state index is 12.7. The van der Waals surface area contributed by atoms with Crippen molar-refractivity contribution in [2.75, 3.05) is 26.4 Å². The van der Waals surface area contributed by atoms with E-state index in [0.717, 1.165) is 44.9 Å². The van der Waals surface area contributed by atoms with Crippen LogP contribution in [0, 0.1) is 0 Å². The van der Waals surface area contributed by atoms with Crippen LogP contribution in [0.5, 0.6) is 0 Å². The lowest BCUT2D eigenvalue weighted by atomic mass is 10.0. The predicted molar refractivity (Wildman–Crippen MR) is 270 cm³/mol. The van der Waals surface area contributed by atoms with Gasteiger partial charge in [0.15, 0.2) is 6.10 Å². The summed E-state index contributed by atoms with van der Waals surface area (Å²) in [5.74, 6) is -0.958. The summed E-state index contributed by atoms with van der Waals surface area (Å²) in [6.45, 7) is 2.40. The van der Waals surface area contributed by atoms with Crippen LogP contribution in [0.1, 0.15) is 271 Å². The lowest BCUT2D eigenvalue weighted by molar-refractivity contribution is -0.161. The van der Waals surface area contributed by atoms with Gasteiger partial charge in [-0.3, -0.25) is 18.6 Å². The van der Waals surface area contributed by atoms with E-state index >= 15 is 0 Å². The third kappa shape index (κ3) is 50.2. The highest BCUT2D eigenvalue weighted by atomic mass is 31.2. The molecular formula is C54H103O10P. The molecule has 0 aromatic carbocycles. The summed E-state index contributed by atoms with van der Waals surface area (Å²) in [6, 6.07) is 0. The average Bonchev–Trinajstić information content (AvgIpc) is 3.30. The minimum Gasteiger partial charge on any atom is -0.462 e. The molecule has 0 amide bonds. The number of ether oxygens (including phenoxy) is 2. The fourth-order valence-corrected chi connectivity index (χ4v) is 8.69. The highest BCUT2D eigenvalue weighted by molar-refractivity contribution is 7.47. The van der Waals surface area contributed by atoms with E-state index in [1.807, 2.05) is 0 Å². The Balaban J connectivity index is 4.16. The Kier molecular flexibility index (Phi) is 49.1. The van der Waals surface area contributed by atoms with Gasteiger partial charge >= 0.3 is 19.8 Å². The molecule has 10 nitrogen and oxygen atoms in total. The molecule has 0 saturated carbocycles. The van der Waals surface area contributed by atoms with Gasteiger partial charge in [-0.1, -0.05) is 237 Å². The Morgan fingerprint density at radius 3 is 1.20 bits per heavy atom. The molecule has 0 fully saturated rings. The maximum Gasteiger partial charge on any atom is 0.472 e. The molecule has 0 rings (SSSR count). The minimum absolute atomic E-state index is 0.181. The van der Waals surface area contributed by atoms with Gasteiger partial charge in [-0.15, -0.1) is 0 Å². The first kappa shape index (κ1) is 63.5. The van der Waals surface area contributed by atoms with Crippen molar-refractivity contribution in [1.82, 2.24) is 0 Å². The van der Waals surface area contributed by atoms with Crippen molar-refractivity contribution in [3.63, 3.8) is 0 Å². The summed E-state index contributed by atoms with van der Waals surface area (Å²) < 4.78 is 32.9. The van der Waals surface area contributed by atoms with Crippen molar-refractivity contribution in [2.45, 2.75) is 283 Å². The Morgan fingerprint density at radius 1 is 0.446 bits per heavy atom. The summed E-state index contributed by atoms with van der Waals surface area (Å²) in [5.41, 5.74) is 0. The zero-order chi connectivity index (χ0) is 47.6. The molecule has 65 heavy (non-hydrogen) atoms. The van der Waals surface area contributed by atoms with Gasteiger partial charge in [-0.2, -0.15) is 0 Å². The van der Waals surface area contributed by atoms with E-state index in [9.17, 15) is 24.2 Å². The maximum absolute atomic E-state index is 12.7. The number of carbonyl (C=O) groups is 2. The van der Waals surface area contributed by atoms with Gasteiger partial charge in [0, 0.05) is 12.8 Å². The number of phosphoric acid groups is 1. The molecular weight excluding hydrogens is 840 g/mol. The van der Waals surface area contributed by atoms with Crippen molar-refractivity contribution in [1.29, 1.82) is 0 Å². The second-order valence-electron chi connectivity index (χ2n) is 18.6. The van der Waals surface area contributed by atoms with Crippen molar-refractivity contribution in [2.24, 2.45) is 0 Å². The van der Waals surface area contributed by atoms with Gasteiger partial charge in [0.25, 0.3) is 0 Å². The highest BCUT2D eigenvalue weighted by Crippen LogP contribution is 2.43. The van der Waals surface area contributed by atoms with Crippen molar-refractivity contribution in [3.05, 3.63) is 24.3 Å². The summed E-state index contributed by atoms with van der Waals surface area (Å²) >= 11 is 0. The average molecular weight is 943 g/mol. The highest BCUT2D eigenvalue weighted by Gasteiger charge is 2.27. The Bertz CT molecular complexity index is 1130. The zero-order valence-electron chi connectivity index (χ0n) is 42.2. The number of hydrogen-bond donors (Lipinski definition) is 3. The van der Waals surface area contributed by atoms with Crippen molar-refractivity contribution in [3.8, 4) is 0 Å². The van der Waals surface area contributed by atoms with E-state index < -0.39 is 51.8 Å². The first-order valence-electron chi connectivity index (χ1n) is 27.3. The third-order valence-electron chi connectivity index (χ3n) is 12.1.